The van der Waals surface area contributed by atoms with Crippen LogP contribution >= 0.6 is 0 Å². The minimum atomic E-state index is -0.272. The van der Waals surface area contributed by atoms with E-state index >= 15 is 0 Å². The van der Waals surface area contributed by atoms with E-state index in [1.807, 2.05) is 0 Å². The number of rotatable bonds is 0. The maximum Gasteiger partial charge on any atom is 0.164 e. The van der Waals surface area contributed by atoms with Crippen LogP contribution in [0.1, 0.15) is 6.42 Å². The van der Waals surface area contributed by atoms with Gasteiger partial charge in [0.15, 0.2) is 5.83 Å². The van der Waals surface area contributed by atoms with Crippen molar-refractivity contribution in [3.8, 4) is 0 Å². The smallest absolute Gasteiger partial charge is 0.164 e. The third kappa shape index (κ3) is 1.02. The topological polar surface area (TPSA) is 0 Å². The molecule has 0 aromatic carbocycles. The molecule has 0 bridgehead atoms. The Hall–Kier alpha value is -0.810. The summed E-state index contributed by atoms with van der Waals surface area (Å²) in [5.74, 6) is -0.272. The molecule has 0 saturated carbocycles. The lowest BCUT2D eigenvalue weighted by Crippen LogP contribution is -1.66. The summed E-state index contributed by atoms with van der Waals surface area (Å²) >= 11 is 0. The first-order valence-electron chi connectivity index (χ1n) is 2.17. The first-order valence-corrected chi connectivity index (χ1v) is 2.17. The van der Waals surface area contributed by atoms with Gasteiger partial charge < -0.3 is 0 Å². The molecule has 0 spiro atoms. The van der Waals surface area contributed by atoms with Gasteiger partial charge in [0.2, 0.25) is 0 Å². The maximum absolute atomic E-state index is 11.9. The summed E-state index contributed by atoms with van der Waals surface area (Å²) in [6, 6.07) is 0. The highest BCUT2D eigenvalue weighted by atomic mass is 19.1. The standard InChI is InChI=1S/C6H5F/c7-6-4-2-1-3-5-6/h2-4H,1H2. The fraction of sp³-hybridized carbons (Fsp3) is 0.167. The Labute approximate surface area is 41.7 Å². The minimum Gasteiger partial charge on any atom is -0.198 e. The molecule has 0 heterocycles. The number of hydrogen-bond donors (Lipinski definition) is 0. The summed E-state index contributed by atoms with van der Waals surface area (Å²) < 4.78 is 11.9. The van der Waals surface area contributed by atoms with Crippen molar-refractivity contribution in [3.63, 3.8) is 0 Å². The molecule has 1 aliphatic carbocycles. The summed E-state index contributed by atoms with van der Waals surface area (Å²) in [6.45, 7) is 0. The van der Waals surface area contributed by atoms with Crippen LogP contribution in [0, 0.1) is 0 Å². The molecule has 1 rings (SSSR count). The molecule has 0 aliphatic heterocycles. The van der Waals surface area contributed by atoms with Gasteiger partial charge in [-0.05, 0) is 18.6 Å². The first kappa shape index (κ1) is 4.35. The van der Waals surface area contributed by atoms with Crippen LogP contribution in [0.25, 0.3) is 0 Å². The van der Waals surface area contributed by atoms with E-state index in [0.29, 0.717) is 0 Å². The van der Waals surface area contributed by atoms with Crippen LogP contribution in [0.15, 0.2) is 29.8 Å². The van der Waals surface area contributed by atoms with E-state index in [0.717, 1.165) is 6.42 Å². The zero-order valence-corrected chi connectivity index (χ0v) is 3.82. The van der Waals surface area contributed by atoms with Gasteiger partial charge in [0, 0.05) is 0 Å². The van der Waals surface area contributed by atoms with Crippen molar-refractivity contribution >= 4 is 0 Å². The zero-order valence-electron chi connectivity index (χ0n) is 3.82. The Morgan fingerprint density at radius 3 is 2.86 bits per heavy atom. The fourth-order valence-corrected chi connectivity index (χ4v) is 0.444. The van der Waals surface area contributed by atoms with Gasteiger partial charge in [-0.15, -0.1) is 0 Å². The lowest BCUT2D eigenvalue weighted by molar-refractivity contribution is 0.666. The Bertz CT molecular complexity index is 148. The third-order valence-corrected chi connectivity index (χ3v) is 0.758. The number of hydrogen-bond acceptors (Lipinski definition) is 0. The summed E-state index contributed by atoms with van der Waals surface area (Å²) in [7, 11) is 0. The Kier molecular flexibility index (Phi) is 1.10. The highest BCUT2D eigenvalue weighted by Crippen LogP contribution is 2.01. The van der Waals surface area contributed by atoms with Crippen LogP contribution in [-0.4, -0.2) is 0 Å². The van der Waals surface area contributed by atoms with Crippen molar-refractivity contribution in [2.45, 2.75) is 6.42 Å². The van der Waals surface area contributed by atoms with Crippen molar-refractivity contribution in [1.82, 2.24) is 0 Å². The Morgan fingerprint density at radius 2 is 2.57 bits per heavy atom. The highest BCUT2D eigenvalue weighted by molar-refractivity contribution is 5.15. The van der Waals surface area contributed by atoms with Crippen LogP contribution in [-0.2, 0) is 0 Å². The van der Waals surface area contributed by atoms with Gasteiger partial charge in [-0.1, -0.05) is 11.8 Å². The zero-order chi connectivity index (χ0) is 5.11. The molecule has 0 radical (unpaired) electrons. The molecular formula is C6H5F. The van der Waals surface area contributed by atoms with Crippen LogP contribution in [0.2, 0.25) is 0 Å². The minimum absolute atomic E-state index is 0.272. The monoisotopic (exact) mass is 96.0 g/mol. The average Bonchev–Trinajstić information content (AvgIpc) is 1.69. The van der Waals surface area contributed by atoms with E-state index in [1.165, 1.54) is 6.08 Å². The summed E-state index contributed by atoms with van der Waals surface area (Å²) in [4.78, 5) is 0. The van der Waals surface area contributed by atoms with E-state index in [2.05, 4.69) is 5.73 Å². The molecule has 0 nitrogen and oxygen atoms in total. The molecule has 1 heteroatoms. The van der Waals surface area contributed by atoms with Crippen molar-refractivity contribution < 1.29 is 4.39 Å². The van der Waals surface area contributed by atoms with Crippen LogP contribution < -0.4 is 0 Å². The predicted molar refractivity (Wildman–Crippen MR) is 26.5 cm³/mol. The molecule has 36 valence electrons. The molecule has 0 aromatic rings. The molecule has 0 fully saturated rings. The van der Waals surface area contributed by atoms with Gasteiger partial charge in [-0.2, -0.15) is 4.39 Å². The van der Waals surface area contributed by atoms with Gasteiger partial charge in [0.1, 0.15) is 0 Å². The summed E-state index contributed by atoms with van der Waals surface area (Å²) in [6.07, 6.45) is 5.65. The van der Waals surface area contributed by atoms with E-state index in [1.54, 1.807) is 12.2 Å². The normalized spacial score (nSPS) is 17.0. The van der Waals surface area contributed by atoms with Crippen molar-refractivity contribution in [1.29, 1.82) is 0 Å². The average molecular weight is 96.1 g/mol. The maximum atomic E-state index is 11.9. The largest absolute Gasteiger partial charge is 0.198 e. The second-order valence-corrected chi connectivity index (χ2v) is 1.33. The Balaban J connectivity index is 2.89. The lowest BCUT2D eigenvalue weighted by atomic mass is 10.3. The molecule has 0 saturated heterocycles. The number of allylic oxidation sites excluding steroid dienone is 3. The molecular weight excluding hydrogens is 91.1 g/mol. The third-order valence-electron chi connectivity index (χ3n) is 0.758. The molecule has 0 amide bonds. The molecule has 1 aliphatic rings. The second-order valence-electron chi connectivity index (χ2n) is 1.33. The highest BCUT2D eigenvalue weighted by Gasteiger charge is 1.84. The van der Waals surface area contributed by atoms with Crippen molar-refractivity contribution in [2.24, 2.45) is 0 Å². The fourth-order valence-electron chi connectivity index (χ4n) is 0.444. The van der Waals surface area contributed by atoms with Crippen LogP contribution in [0.4, 0.5) is 4.39 Å². The van der Waals surface area contributed by atoms with E-state index in [9.17, 15) is 4.39 Å². The molecule has 0 atom stereocenters. The van der Waals surface area contributed by atoms with Crippen LogP contribution in [0.3, 0.4) is 0 Å². The van der Waals surface area contributed by atoms with Gasteiger partial charge in [-0.25, -0.2) is 0 Å². The lowest BCUT2D eigenvalue weighted by Gasteiger charge is -1.84. The number of halogens is 1. The van der Waals surface area contributed by atoms with E-state index in [-0.39, 0.29) is 5.83 Å². The SMILES string of the molecule is FC1=C=CCC=C1. The van der Waals surface area contributed by atoms with Crippen LogP contribution in [0.5, 0.6) is 0 Å². The Morgan fingerprint density at radius 1 is 1.71 bits per heavy atom. The van der Waals surface area contributed by atoms with Gasteiger partial charge >= 0.3 is 0 Å². The first-order chi connectivity index (χ1) is 3.39. The van der Waals surface area contributed by atoms with Gasteiger partial charge in [0.25, 0.3) is 0 Å². The quantitative estimate of drug-likeness (QED) is 0.404. The van der Waals surface area contributed by atoms with Crippen molar-refractivity contribution in [2.75, 3.05) is 0 Å². The molecule has 0 N–H and O–H groups in total. The molecule has 7 heavy (non-hydrogen) atoms. The molecule has 0 aromatic heterocycles. The predicted octanol–water partition coefficient (Wildman–Crippen LogP) is 1.95. The molecule has 0 unspecified atom stereocenters. The summed E-state index contributed by atoms with van der Waals surface area (Å²) in [5.41, 5.74) is 2.42. The second kappa shape index (κ2) is 1.76. The summed E-state index contributed by atoms with van der Waals surface area (Å²) in [5, 5.41) is 0. The van der Waals surface area contributed by atoms with Gasteiger partial charge in [0.05, 0.1) is 0 Å². The van der Waals surface area contributed by atoms with Crippen molar-refractivity contribution in [3.05, 3.63) is 29.8 Å². The van der Waals surface area contributed by atoms with E-state index in [4.69, 9.17) is 0 Å². The van der Waals surface area contributed by atoms with E-state index < -0.39 is 0 Å². The van der Waals surface area contributed by atoms with Gasteiger partial charge in [-0.3, -0.25) is 0 Å².